The van der Waals surface area contributed by atoms with Gasteiger partial charge in [-0.15, -0.1) is 0 Å². The second-order valence-electron chi connectivity index (χ2n) is 13.6. The van der Waals surface area contributed by atoms with Gasteiger partial charge < -0.3 is 23.2 Å². The van der Waals surface area contributed by atoms with E-state index >= 15 is 0 Å². The molecule has 3 aromatic rings. The molecular formula is C32H47B2NO4. The van der Waals surface area contributed by atoms with E-state index in [2.05, 4.69) is 109 Å². The Morgan fingerprint density at radius 3 is 1.95 bits per heavy atom. The summed E-state index contributed by atoms with van der Waals surface area (Å²) in [4.78, 5) is 0. The molecule has 7 heteroatoms. The molecule has 2 saturated heterocycles. The van der Waals surface area contributed by atoms with Crippen molar-refractivity contribution >= 4 is 36.0 Å². The molecule has 0 N–H and O–H groups in total. The van der Waals surface area contributed by atoms with Crippen LogP contribution in [-0.4, -0.2) is 41.2 Å². The van der Waals surface area contributed by atoms with E-state index in [-0.39, 0.29) is 42.5 Å². The van der Waals surface area contributed by atoms with Gasteiger partial charge in [-0.05, 0) is 98.9 Å². The summed E-state index contributed by atoms with van der Waals surface area (Å²) in [6.45, 7) is 20.3. The number of hydrogen-bond acceptors (Lipinski definition) is 4. The first-order chi connectivity index (χ1) is 18.3. The van der Waals surface area contributed by atoms with E-state index in [0.29, 0.717) is 0 Å². The maximum Gasteiger partial charge on any atom is 0.461 e. The lowest BCUT2D eigenvalue weighted by Crippen LogP contribution is -2.41. The van der Waals surface area contributed by atoms with E-state index in [1.165, 1.54) is 27.4 Å². The Hall–Kier alpha value is -1.79. The zero-order chi connectivity index (χ0) is 28.2. The van der Waals surface area contributed by atoms with Gasteiger partial charge in [-0.3, -0.25) is 0 Å². The first kappa shape index (κ1) is 28.7. The second kappa shape index (κ2) is 10.2. The molecule has 5 nitrogen and oxygen atoms in total. The number of hydrogen-bond donors (Lipinski definition) is 0. The van der Waals surface area contributed by atoms with E-state index in [1.54, 1.807) is 0 Å². The van der Waals surface area contributed by atoms with Crippen LogP contribution in [0.15, 0.2) is 42.5 Å². The second-order valence-corrected chi connectivity index (χ2v) is 13.6. The molecule has 3 heterocycles. The molecule has 2 aliphatic rings. The first-order valence-corrected chi connectivity index (χ1v) is 15.0. The van der Waals surface area contributed by atoms with Crippen LogP contribution < -0.4 is 0 Å². The highest BCUT2D eigenvalue weighted by molar-refractivity contribution is 6.47. The van der Waals surface area contributed by atoms with E-state index in [0.717, 1.165) is 38.5 Å². The number of nitrogens with zero attached hydrogens (tertiary/aromatic N) is 1. The van der Waals surface area contributed by atoms with Gasteiger partial charge in [-0.25, -0.2) is 0 Å². The van der Waals surface area contributed by atoms with Gasteiger partial charge in [-0.2, -0.15) is 0 Å². The predicted molar refractivity (Wildman–Crippen MR) is 163 cm³/mol. The minimum Gasteiger partial charge on any atom is -0.403 e. The lowest BCUT2D eigenvalue weighted by atomic mass is 9.65. The summed E-state index contributed by atoms with van der Waals surface area (Å²) in [7, 11) is -0.382. The Balaban J connectivity index is 1.36. The van der Waals surface area contributed by atoms with Crippen molar-refractivity contribution in [1.82, 2.24) is 4.57 Å². The molecule has 0 radical (unpaired) electrons. The SMILES string of the molecule is CCn1c2ccccc2c2cccc(CCC(CCCB3OC(C)(C)C(C)(C)O3)B3OC(C)(C)C(C)(C)O3)c21. The number of fused-ring (bicyclic) bond motifs is 3. The van der Waals surface area contributed by atoms with Gasteiger partial charge in [0.25, 0.3) is 0 Å². The Labute approximate surface area is 236 Å². The van der Waals surface area contributed by atoms with Crippen LogP contribution >= 0.6 is 0 Å². The van der Waals surface area contributed by atoms with Crippen LogP contribution in [-0.2, 0) is 31.6 Å². The number of rotatable bonds is 9. The normalized spacial score (nSPS) is 22.3. The fraction of sp³-hybridized carbons (Fsp3) is 0.625. The zero-order valence-corrected chi connectivity index (χ0v) is 25.6. The molecule has 1 unspecified atom stereocenters. The van der Waals surface area contributed by atoms with Gasteiger partial charge in [0.15, 0.2) is 0 Å². The maximum absolute atomic E-state index is 6.59. The number of para-hydroxylation sites is 2. The van der Waals surface area contributed by atoms with Crippen LogP contribution in [0.4, 0.5) is 0 Å². The van der Waals surface area contributed by atoms with Crippen molar-refractivity contribution < 1.29 is 18.6 Å². The molecule has 0 saturated carbocycles. The summed E-state index contributed by atoms with van der Waals surface area (Å²) in [6.07, 6.45) is 4.88. The average molecular weight is 531 g/mol. The van der Waals surface area contributed by atoms with Gasteiger partial charge in [0.05, 0.1) is 27.9 Å². The quantitative estimate of drug-likeness (QED) is 0.262. The molecule has 39 heavy (non-hydrogen) atoms. The summed E-state index contributed by atoms with van der Waals surface area (Å²) in [6, 6.07) is 15.6. The molecule has 5 rings (SSSR count). The van der Waals surface area contributed by atoms with Crippen molar-refractivity contribution in [2.45, 2.75) is 129 Å². The summed E-state index contributed by atoms with van der Waals surface area (Å²) in [5.41, 5.74) is 2.82. The molecule has 2 fully saturated rings. The summed E-state index contributed by atoms with van der Waals surface area (Å²) in [5.74, 6) is 0.281. The van der Waals surface area contributed by atoms with Gasteiger partial charge in [0.1, 0.15) is 0 Å². The summed E-state index contributed by atoms with van der Waals surface area (Å²) < 4.78 is 28.2. The third kappa shape index (κ3) is 5.21. The molecular weight excluding hydrogens is 484 g/mol. The van der Waals surface area contributed by atoms with E-state index in [9.17, 15) is 0 Å². The smallest absolute Gasteiger partial charge is 0.403 e. The molecule has 0 amide bonds. The maximum atomic E-state index is 6.59. The number of aromatic nitrogens is 1. The van der Waals surface area contributed by atoms with Crippen LogP contribution in [0.5, 0.6) is 0 Å². The van der Waals surface area contributed by atoms with Crippen molar-refractivity contribution in [3.8, 4) is 0 Å². The largest absolute Gasteiger partial charge is 0.461 e. The topological polar surface area (TPSA) is 41.9 Å². The molecule has 0 spiro atoms. The Bertz CT molecular complexity index is 1300. The lowest BCUT2D eigenvalue weighted by Gasteiger charge is -2.32. The highest BCUT2D eigenvalue weighted by Gasteiger charge is 2.54. The minimum absolute atomic E-state index is 0.164. The third-order valence-electron chi connectivity index (χ3n) is 9.95. The Morgan fingerprint density at radius 1 is 0.718 bits per heavy atom. The highest BCUT2D eigenvalue weighted by atomic mass is 16.7. The predicted octanol–water partition coefficient (Wildman–Crippen LogP) is 8.08. The Kier molecular flexibility index (Phi) is 7.54. The highest BCUT2D eigenvalue weighted by Crippen LogP contribution is 2.44. The van der Waals surface area contributed by atoms with Crippen molar-refractivity contribution in [2.24, 2.45) is 0 Å². The number of aryl methyl sites for hydroxylation is 2. The van der Waals surface area contributed by atoms with Crippen molar-refractivity contribution in [2.75, 3.05) is 0 Å². The van der Waals surface area contributed by atoms with Crippen molar-refractivity contribution in [3.63, 3.8) is 0 Å². The van der Waals surface area contributed by atoms with Crippen LogP contribution in [0.25, 0.3) is 21.8 Å². The molecule has 1 atom stereocenters. The van der Waals surface area contributed by atoms with Crippen LogP contribution in [0.2, 0.25) is 12.1 Å². The van der Waals surface area contributed by atoms with E-state index in [4.69, 9.17) is 18.6 Å². The molecule has 2 aromatic carbocycles. The van der Waals surface area contributed by atoms with E-state index < -0.39 is 0 Å². The first-order valence-electron chi connectivity index (χ1n) is 15.0. The van der Waals surface area contributed by atoms with Gasteiger partial charge in [-0.1, -0.05) is 49.2 Å². The number of benzene rings is 2. The zero-order valence-electron chi connectivity index (χ0n) is 25.6. The van der Waals surface area contributed by atoms with Crippen molar-refractivity contribution in [3.05, 3.63) is 48.0 Å². The van der Waals surface area contributed by atoms with Crippen molar-refractivity contribution in [1.29, 1.82) is 0 Å². The standard InChI is InChI=1S/C32H47B2NO4/c1-10-35-27-19-12-11-17-25(27)26-18-13-15-23(28(26)35)20-21-24(34-38-31(6,7)32(8,9)39-34)16-14-22-33-36-29(2,3)30(4,5)37-33/h11-13,15,17-19,24H,10,14,16,20-22H2,1-9H3. The molecule has 210 valence electrons. The molecule has 1 aromatic heterocycles. The van der Waals surface area contributed by atoms with E-state index in [1.807, 2.05) is 0 Å². The minimum atomic E-state index is -0.337. The van der Waals surface area contributed by atoms with Gasteiger partial charge >= 0.3 is 14.2 Å². The Morgan fingerprint density at radius 2 is 1.31 bits per heavy atom. The lowest BCUT2D eigenvalue weighted by molar-refractivity contribution is 0.00578. The molecule has 0 bridgehead atoms. The third-order valence-corrected chi connectivity index (χ3v) is 9.95. The fourth-order valence-electron chi connectivity index (χ4n) is 6.18. The van der Waals surface area contributed by atoms with Crippen LogP contribution in [0.1, 0.15) is 87.1 Å². The summed E-state index contributed by atoms with van der Waals surface area (Å²) in [5, 5.41) is 2.68. The fourth-order valence-corrected chi connectivity index (χ4v) is 6.18. The van der Waals surface area contributed by atoms with Crippen LogP contribution in [0.3, 0.4) is 0 Å². The monoisotopic (exact) mass is 531 g/mol. The molecule has 2 aliphatic heterocycles. The molecule has 0 aliphatic carbocycles. The summed E-state index contributed by atoms with van der Waals surface area (Å²) >= 11 is 0. The van der Waals surface area contributed by atoms with Gasteiger partial charge in [0.2, 0.25) is 0 Å². The van der Waals surface area contributed by atoms with Crippen LogP contribution in [0, 0.1) is 0 Å². The average Bonchev–Trinajstić information content (AvgIpc) is 3.38. The van der Waals surface area contributed by atoms with Gasteiger partial charge in [0, 0.05) is 22.8 Å².